The van der Waals surface area contributed by atoms with Gasteiger partial charge in [-0.3, -0.25) is 0 Å². The minimum absolute atomic E-state index is 0.724. The Kier molecular flexibility index (Phi) is 1.59. The van der Waals surface area contributed by atoms with Crippen LogP contribution in [0.1, 0.15) is 12.6 Å². The molecule has 0 saturated carbocycles. The van der Waals surface area contributed by atoms with Gasteiger partial charge in [0.25, 0.3) is 0 Å². The highest BCUT2D eigenvalue weighted by Crippen LogP contribution is 2.06. The summed E-state index contributed by atoms with van der Waals surface area (Å²) in [6.07, 6.45) is 1.02. The largest absolute Gasteiger partial charge is 0.350 e. The molecule has 1 N–H and O–H groups in total. The SMILES string of the molecule is CCc1ccc(Cl)[nH]1. The number of aromatic nitrogens is 1. The van der Waals surface area contributed by atoms with Gasteiger partial charge in [-0.1, -0.05) is 18.5 Å². The predicted molar refractivity (Wildman–Crippen MR) is 35.2 cm³/mol. The highest BCUT2D eigenvalue weighted by molar-refractivity contribution is 6.29. The van der Waals surface area contributed by atoms with E-state index in [-0.39, 0.29) is 0 Å². The van der Waals surface area contributed by atoms with Gasteiger partial charge in [-0.15, -0.1) is 0 Å². The Bertz CT molecular complexity index is 169. The minimum Gasteiger partial charge on any atom is -0.350 e. The van der Waals surface area contributed by atoms with E-state index in [0.29, 0.717) is 0 Å². The molecule has 0 unspecified atom stereocenters. The second kappa shape index (κ2) is 2.23. The summed E-state index contributed by atoms with van der Waals surface area (Å²) < 4.78 is 0. The average molecular weight is 130 g/mol. The lowest BCUT2D eigenvalue weighted by Gasteiger charge is -1.83. The summed E-state index contributed by atoms with van der Waals surface area (Å²) in [5, 5.41) is 0.724. The lowest BCUT2D eigenvalue weighted by atomic mass is 10.4. The summed E-state index contributed by atoms with van der Waals surface area (Å²) in [5.41, 5.74) is 1.19. The van der Waals surface area contributed by atoms with Crippen LogP contribution in [0.2, 0.25) is 5.15 Å². The molecule has 0 spiro atoms. The molecule has 0 radical (unpaired) electrons. The van der Waals surface area contributed by atoms with Crippen LogP contribution >= 0.6 is 11.6 Å². The van der Waals surface area contributed by atoms with Crippen molar-refractivity contribution >= 4 is 11.6 Å². The average Bonchev–Trinajstić information content (AvgIpc) is 2.14. The Morgan fingerprint density at radius 3 is 2.62 bits per heavy atom. The third-order valence-corrected chi connectivity index (χ3v) is 1.31. The summed E-state index contributed by atoms with van der Waals surface area (Å²) in [6.45, 7) is 2.09. The number of nitrogens with one attached hydrogen (secondary N) is 1. The van der Waals surface area contributed by atoms with Crippen LogP contribution in [0.5, 0.6) is 0 Å². The van der Waals surface area contributed by atoms with Crippen molar-refractivity contribution in [2.24, 2.45) is 0 Å². The van der Waals surface area contributed by atoms with Crippen molar-refractivity contribution in [3.63, 3.8) is 0 Å². The van der Waals surface area contributed by atoms with Crippen molar-refractivity contribution in [1.29, 1.82) is 0 Å². The molecule has 0 aliphatic rings. The van der Waals surface area contributed by atoms with Crippen LogP contribution in [0.25, 0.3) is 0 Å². The normalized spacial score (nSPS) is 9.75. The van der Waals surface area contributed by atoms with E-state index in [4.69, 9.17) is 11.6 Å². The quantitative estimate of drug-likeness (QED) is 0.599. The smallest absolute Gasteiger partial charge is 0.106 e. The van der Waals surface area contributed by atoms with E-state index in [2.05, 4.69) is 11.9 Å². The lowest BCUT2D eigenvalue weighted by Crippen LogP contribution is -1.74. The second-order valence-electron chi connectivity index (χ2n) is 1.69. The topological polar surface area (TPSA) is 15.8 Å². The molecule has 0 aliphatic carbocycles. The number of H-pyrrole nitrogens is 1. The van der Waals surface area contributed by atoms with Gasteiger partial charge >= 0.3 is 0 Å². The molecule has 1 heterocycles. The molecule has 2 heteroatoms. The number of aryl methyl sites for hydroxylation is 1. The maximum Gasteiger partial charge on any atom is 0.106 e. The molecule has 1 rings (SSSR count). The predicted octanol–water partition coefficient (Wildman–Crippen LogP) is 2.23. The zero-order valence-corrected chi connectivity index (χ0v) is 5.50. The number of aromatic amines is 1. The number of hydrogen-bond acceptors (Lipinski definition) is 0. The Morgan fingerprint density at radius 1 is 1.62 bits per heavy atom. The van der Waals surface area contributed by atoms with Gasteiger partial charge in [0.05, 0.1) is 0 Å². The van der Waals surface area contributed by atoms with Crippen molar-refractivity contribution in [2.75, 3.05) is 0 Å². The monoisotopic (exact) mass is 129 g/mol. The van der Waals surface area contributed by atoms with Gasteiger partial charge < -0.3 is 4.98 Å². The molecule has 0 amide bonds. The van der Waals surface area contributed by atoms with Crippen LogP contribution < -0.4 is 0 Å². The fraction of sp³-hybridized carbons (Fsp3) is 0.333. The maximum atomic E-state index is 5.58. The molecule has 0 aliphatic heterocycles. The van der Waals surface area contributed by atoms with Crippen molar-refractivity contribution in [2.45, 2.75) is 13.3 Å². The lowest BCUT2D eigenvalue weighted by molar-refractivity contribution is 1.06. The van der Waals surface area contributed by atoms with E-state index in [1.807, 2.05) is 12.1 Å². The Balaban J connectivity index is 2.84. The molecule has 44 valence electrons. The van der Waals surface area contributed by atoms with Gasteiger partial charge in [0.2, 0.25) is 0 Å². The summed E-state index contributed by atoms with van der Waals surface area (Å²) in [7, 11) is 0. The Morgan fingerprint density at radius 2 is 2.38 bits per heavy atom. The molecule has 0 atom stereocenters. The summed E-state index contributed by atoms with van der Waals surface area (Å²) in [5.74, 6) is 0. The molecule has 1 aromatic heterocycles. The Labute approximate surface area is 53.7 Å². The third kappa shape index (κ3) is 1.04. The number of hydrogen-bond donors (Lipinski definition) is 1. The first-order chi connectivity index (χ1) is 3.83. The van der Waals surface area contributed by atoms with Crippen molar-refractivity contribution in [1.82, 2.24) is 4.98 Å². The zero-order chi connectivity index (χ0) is 5.98. The first kappa shape index (κ1) is 5.70. The fourth-order valence-electron chi connectivity index (χ4n) is 0.617. The summed E-state index contributed by atoms with van der Waals surface area (Å²) >= 11 is 5.58. The zero-order valence-electron chi connectivity index (χ0n) is 4.74. The molecule has 1 aromatic rings. The van der Waals surface area contributed by atoms with E-state index < -0.39 is 0 Å². The van der Waals surface area contributed by atoms with Crippen LogP contribution in [0.4, 0.5) is 0 Å². The molecular formula is C6H8ClN. The van der Waals surface area contributed by atoms with E-state index in [0.717, 1.165) is 11.6 Å². The van der Waals surface area contributed by atoms with Crippen LogP contribution in [-0.2, 0) is 6.42 Å². The van der Waals surface area contributed by atoms with E-state index >= 15 is 0 Å². The maximum absolute atomic E-state index is 5.58. The fourth-order valence-corrected chi connectivity index (χ4v) is 0.801. The van der Waals surface area contributed by atoms with Gasteiger partial charge in [0.15, 0.2) is 0 Å². The molecule has 1 nitrogen and oxygen atoms in total. The minimum atomic E-state index is 0.724. The highest BCUT2D eigenvalue weighted by Gasteiger charge is 1.89. The first-order valence-electron chi connectivity index (χ1n) is 2.66. The summed E-state index contributed by atoms with van der Waals surface area (Å²) in [4.78, 5) is 2.99. The van der Waals surface area contributed by atoms with Crippen LogP contribution in [0.15, 0.2) is 12.1 Å². The van der Waals surface area contributed by atoms with E-state index in [1.54, 1.807) is 0 Å². The van der Waals surface area contributed by atoms with Crippen LogP contribution in [-0.4, -0.2) is 4.98 Å². The standard InChI is InChI=1S/C6H8ClN/c1-2-5-3-4-6(7)8-5/h3-4,8H,2H2,1H3. The van der Waals surface area contributed by atoms with Gasteiger partial charge in [-0.25, -0.2) is 0 Å². The number of rotatable bonds is 1. The van der Waals surface area contributed by atoms with E-state index in [1.165, 1.54) is 5.69 Å². The van der Waals surface area contributed by atoms with Crippen molar-refractivity contribution < 1.29 is 0 Å². The second-order valence-corrected chi connectivity index (χ2v) is 2.09. The molecule has 0 fully saturated rings. The summed E-state index contributed by atoms with van der Waals surface area (Å²) in [6, 6.07) is 3.85. The third-order valence-electron chi connectivity index (χ3n) is 1.09. The Hall–Kier alpha value is -0.430. The molecule has 0 aromatic carbocycles. The van der Waals surface area contributed by atoms with Gasteiger partial charge in [0.1, 0.15) is 5.15 Å². The van der Waals surface area contributed by atoms with Crippen molar-refractivity contribution in [3.05, 3.63) is 23.0 Å². The van der Waals surface area contributed by atoms with Crippen molar-refractivity contribution in [3.8, 4) is 0 Å². The van der Waals surface area contributed by atoms with E-state index in [9.17, 15) is 0 Å². The number of halogens is 1. The van der Waals surface area contributed by atoms with Gasteiger partial charge in [-0.2, -0.15) is 0 Å². The van der Waals surface area contributed by atoms with Crippen LogP contribution in [0, 0.1) is 0 Å². The molecule has 0 bridgehead atoms. The molecular weight excluding hydrogens is 122 g/mol. The highest BCUT2D eigenvalue weighted by atomic mass is 35.5. The van der Waals surface area contributed by atoms with Gasteiger partial charge in [0, 0.05) is 5.69 Å². The molecule has 8 heavy (non-hydrogen) atoms. The van der Waals surface area contributed by atoms with Gasteiger partial charge in [-0.05, 0) is 18.6 Å². The molecule has 0 saturated heterocycles. The first-order valence-corrected chi connectivity index (χ1v) is 3.04. The van der Waals surface area contributed by atoms with Crippen LogP contribution in [0.3, 0.4) is 0 Å².